The highest BCUT2D eigenvalue weighted by atomic mass is 35.5. The molecule has 0 aliphatic heterocycles. The number of nitrogens with zero attached hydrogens (tertiary/aromatic N) is 1. The fourth-order valence-electron chi connectivity index (χ4n) is 1.85. The third kappa shape index (κ3) is 8.45. The number of benzene rings is 1. The average Bonchev–Trinajstić information content (AvgIpc) is 2.43. The van der Waals surface area contributed by atoms with Crippen LogP contribution in [0.2, 0.25) is 5.02 Å². The minimum absolute atomic E-state index is 0.0180. The van der Waals surface area contributed by atoms with E-state index in [1.807, 2.05) is 24.3 Å². The first-order chi connectivity index (χ1) is 10.7. The highest BCUT2D eigenvalue weighted by Gasteiger charge is 2.20. The van der Waals surface area contributed by atoms with Crippen molar-refractivity contribution in [3.8, 4) is 0 Å². The van der Waals surface area contributed by atoms with Gasteiger partial charge in [0.2, 0.25) is 5.91 Å². The van der Waals surface area contributed by atoms with E-state index in [9.17, 15) is 9.59 Å². The quantitative estimate of drug-likeness (QED) is 0.809. The minimum Gasteiger partial charge on any atom is -0.444 e. The number of aryl methyl sites for hydroxylation is 1. The van der Waals surface area contributed by atoms with Gasteiger partial charge in [-0.25, -0.2) is 4.79 Å². The van der Waals surface area contributed by atoms with E-state index < -0.39 is 11.7 Å². The molecule has 1 aromatic carbocycles. The zero-order valence-corrected chi connectivity index (χ0v) is 14.9. The van der Waals surface area contributed by atoms with Crippen molar-refractivity contribution in [3.63, 3.8) is 0 Å². The second-order valence-electron chi connectivity index (χ2n) is 6.42. The van der Waals surface area contributed by atoms with Crippen molar-refractivity contribution in [1.29, 1.82) is 0 Å². The standard InChI is InChI=1S/C17H25ClN2O3/c1-17(2,3)23-16(22)20(4)12-15(21)19-11-5-6-13-7-9-14(18)10-8-13/h7-10H,5-6,11-12H2,1-4H3,(H,19,21). The Labute approximate surface area is 142 Å². The largest absolute Gasteiger partial charge is 0.444 e. The van der Waals surface area contributed by atoms with E-state index >= 15 is 0 Å². The highest BCUT2D eigenvalue weighted by molar-refractivity contribution is 6.30. The minimum atomic E-state index is -0.569. The van der Waals surface area contributed by atoms with Gasteiger partial charge in [-0.1, -0.05) is 23.7 Å². The monoisotopic (exact) mass is 340 g/mol. The van der Waals surface area contributed by atoms with Crippen molar-refractivity contribution in [2.24, 2.45) is 0 Å². The Bertz CT molecular complexity index is 524. The third-order valence-corrected chi connectivity index (χ3v) is 3.22. The van der Waals surface area contributed by atoms with E-state index in [1.165, 1.54) is 10.5 Å². The van der Waals surface area contributed by atoms with E-state index in [-0.39, 0.29) is 12.5 Å². The molecule has 128 valence electrons. The van der Waals surface area contributed by atoms with Gasteiger partial charge < -0.3 is 15.0 Å². The van der Waals surface area contributed by atoms with Crippen LogP contribution < -0.4 is 5.32 Å². The second kappa shape index (κ2) is 8.77. The Balaban J connectivity index is 2.23. The zero-order chi connectivity index (χ0) is 17.5. The second-order valence-corrected chi connectivity index (χ2v) is 6.85. The number of hydrogen-bond donors (Lipinski definition) is 1. The molecule has 0 aliphatic carbocycles. The van der Waals surface area contributed by atoms with Gasteiger partial charge >= 0.3 is 6.09 Å². The van der Waals surface area contributed by atoms with Gasteiger partial charge in [0.25, 0.3) is 0 Å². The molecule has 6 heteroatoms. The van der Waals surface area contributed by atoms with Crippen LogP contribution >= 0.6 is 11.6 Å². The lowest BCUT2D eigenvalue weighted by Gasteiger charge is -2.24. The summed E-state index contributed by atoms with van der Waals surface area (Å²) in [7, 11) is 1.54. The Morgan fingerprint density at radius 1 is 1.22 bits per heavy atom. The smallest absolute Gasteiger partial charge is 0.410 e. The molecule has 0 aromatic heterocycles. The van der Waals surface area contributed by atoms with E-state index in [4.69, 9.17) is 16.3 Å². The molecule has 5 nitrogen and oxygen atoms in total. The molecular weight excluding hydrogens is 316 g/mol. The Hall–Kier alpha value is -1.75. The molecule has 0 fully saturated rings. The molecule has 0 heterocycles. The molecule has 0 spiro atoms. The van der Waals surface area contributed by atoms with Gasteiger partial charge in [-0.3, -0.25) is 4.79 Å². The first-order valence-corrected chi connectivity index (χ1v) is 8.00. The Kier molecular flexibility index (Phi) is 7.36. The molecule has 0 saturated heterocycles. The molecule has 1 rings (SSSR count). The first-order valence-electron chi connectivity index (χ1n) is 7.62. The van der Waals surface area contributed by atoms with Crippen LogP contribution in [0.25, 0.3) is 0 Å². The van der Waals surface area contributed by atoms with Crippen molar-refractivity contribution in [2.45, 2.75) is 39.2 Å². The van der Waals surface area contributed by atoms with Crippen molar-refractivity contribution in [1.82, 2.24) is 10.2 Å². The number of amides is 2. The summed E-state index contributed by atoms with van der Waals surface area (Å²) in [6.07, 6.45) is 1.18. The normalized spacial score (nSPS) is 11.0. The summed E-state index contributed by atoms with van der Waals surface area (Å²) >= 11 is 5.83. The number of ether oxygens (including phenoxy) is 1. The molecular formula is C17H25ClN2O3. The number of halogens is 1. The van der Waals surface area contributed by atoms with E-state index in [2.05, 4.69) is 5.32 Å². The SMILES string of the molecule is CN(CC(=O)NCCCc1ccc(Cl)cc1)C(=O)OC(C)(C)C. The fraction of sp³-hybridized carbons (Fsp3) is 0.529. The van der Waals surface area contributed by atoms with Crippen LogP contribution in [0.1, 0.15) is 32.8 Å². The summed E-state index contributed by atoms with van der Waals surface area (Å²) < 4.78 is 5.19. The van der Waals surface area contributed by atoms with Gasteiger partial charge in [-0.05, 0) is 51.3 Å². The molecule has 0 bridgehead atoms. The van der Waals surface area contributed by atoms with Crippen LogP contribution in [-0.4, -0.2) is 42.6 Å². The predicted octanol–water partition coefficient (Wildman–Crippen LogP) is 3.26. The molecule has 1 N–H and O–H groups in total. The zero-order valence-electron chi connectivity index (χ0n) is 14.2. The highest BCUT2D eigenvalue weighted by Crippen LogP contribution is 2.11. The molecule has 2 amide bonds. The number of rotatable bonds is 6. The molecule has 0 aliphatic rings. The Morgan fingerprint density at radius 2 is 1.83 bits per heavy atom. The average molecular weight is 341 g/mol. The molecule has 0 atom stereocenters. The number of carbonyl (C=O) groups excluding carboxylic acids is 2. The molecule has 0 saturated carbocycles. The van der Waals surface area contributed by atoms with Crippen LogP contribution in [0.3, 0.4) is 0 Å². The molecule has 0 unspecified atom stereocenters. The van der Waals surface area contributed by atoms with Gasteiger partial charge in [0.05, 0.1) is 0 Å². The molecule has 1 aromatic rings. The van der Waals surface area contributed by atoms with Crippen molar-refractivity contribution < 1.29 is 14.3 Å². The number of nitrogens with one attached hydrogen (secondary N) is 1. The summed E-state index contributed by atoms with van der Waals surface area (Å²) in [5, 5.41) is 3.51. The lowest BCUT2D eigenvalue weighted by Crippen LogP contribution is -2.41. The van der Waals surface area contributed by atoms with E-state index in [0.29, 0.717) is 11.6 Å². The maximum Gasteiger partial charge on any atom is 0.410 e. The number of likely N-dealkylation sites (N-methyl/N-ethyl adjacent to an activating group) is 1. The van der Waals surface area contributed by atoms with E-state index in [0.717, 1.165) is 12.8 Å². The van der Waals surface area contributed by atoms with Crippen LogP contribution in [0.15, 0.2) is 24.3 Å². The van der Waals surface area contributed by atoms with Crippen LogP contribution in [0.4, 0.5) is 4.79 Å². The summed E-state index contributed by atoms with van der Waals surface area (Å²) in [6, 6.07) is 7.65. The fourth-order valence-corrected chi connectivity index (χ4v) is 1.97. The summed E-state index contributed by atoms with van der Waals surface area (Å²) in [6.45, 7) is 5.90. The lowest BCUT2D eigenvalue weighted by molar-refractivity contribution is -0.122. The van der Waals surface area contributed by atoms with Crippen molar-refractivity contribution in [2.75, 3.05) is 20.1 Å². The summed E-state index contributed by atoms with van der Waals surface area (Å²) in [5.41, 5.74) is 0.606. The summed E-state index contributed by atoms with van der Waals surface area (Å²) in [5.74, 6) is -0.200. The van der Waals surface area contributed by atoms with Gasteiger partial charge in [-0.15, -0.1) is 0 Å². The van der Waals surface area contributed by atoms with Crippen LogP contribution in [-0.2, 0) is 16.0 Å². The first kappa shape index (κ1) is 19.3. The maximum absolute atomic E-state index is 11.8. The van der Waals surface area contributed by atoms with Crippen molar-refractivity contribution >= 4 is 23.6 Å². The predicted molar refractivity (Wildman–Crippen MR) is 91.6 cm³/mol. The van der Waals surface area contributed by atoms with Gasteiger partial charge in [-0.2, -0.15) is 0 Å². The number of hydrogen-bond acceptors (Lipinski definition) is 3. The topological polar surface area (TPSA) is 58.6 Å². The lowest BCUT2D eigenvalue weighted by atomic mass is 10.1. The van der Waals surface area contributed by atoms with E-state index in [1.54, 1.807) is 27.8 Å². The van der Waals surface area contributed by atoms with Crippen LogP contribution in [0.5, 0.6) is 0 Å². The summed E-state index contributed by atoms with van der Waals surface area (Å²) in [4.78, 5) is 24.8. The van der Waals surface area contributed by atoms with Gasteiger partial charge in [0, 0.05) is 18.6 Å². The van der Waals surface area contributed by atoms with Crippen LogP contribution in [0, 0.1) is 0 Å². The van der Waals surface area contributed by atoms with Gasteiger partial charge in [0.15, 0.2) is 0 Å². The number of carbonyl (C=O) groups is 2. The maximum atomic E-state index is 11.8. The van der Waals surface area contributed by atoms with Crippen molar-refractivity contribution in [3.05, 3.63) is 34.9 Å². The third-order valence-electron chi connectivity index (χ3n) is 2.96. The molecule has 0 radical (unpaired) electrons. The Morgan fingerprint density at radius 3 is 2.39 bits per heavy atom. The van der Waals surface area contributed by atoms with Gasteiger partial charge in [0.1, 0.15) is 12.1 Å². The molecule has 23 heavy (non-hydrogen) atoms.